The Hall–Kier alpha value is -2.04. The molecule has 2 rings (SSSR count). The van der Waals surface area contributed by atoms with Crippen LogP contribution in [0.3, 0.4) is 0 Å². The molecule has 0 bridgehead atoms. The Morgan fingerprint density at radius 1 is 1.04 bits per heavy atom. The summed E-state index contributed by atoms with van der Waals surface area (Å²) < 4.78 is 5.54. The molecule has 4 heteroatoms. The first-order valence-corrected chi connectivity index (χ1v) is 7.99. The van der Waals surface area contributed by atoms with Gasteiger partial charge in [-0.15, -0.1) is 0 Å². The van der Waals surface area contributed by atoms with Crippen molar-refractivity contribution >= 4 is 5.69 Å². The maximum absolute atomic E-state index is 10.1. The van der Waals surface area contributed by atoms with Crippen LogP contribution in [0.5, 0.6) is 5.75 Å². The Kier molecular flexibility index (Phi) is 6.44. The van der Waals surface area contributed by atoms with Crippen molar-refractivity contribution in [3.05, 3.63) is 59.7 Å². The summed E-state index contributed by atoms with van der Waals surface area (Å²) in [5, 5.41) is 13.5. The Morgan fingerprint density at radius 3 is 2.35 bits per heavy atom. The molecule has 0 aliphatic heterocycles. The van der Waals surface area contributed by atoms with E-state index in [9.17, 15) is 5.11 Å². The zero-order valence-electron chi connectivity index (χ0n) is 13.8. The van der Waals surface area contributed by atoms with E-state index >= 15 is 0 Å². The van der Waals surface area contributed by atoms with Gasteiger partial charge in [0.05, 0.1) is 0 Å². The fraction of sp³-hybridized carbons (Fsp3) is 0.368. The van der Waals surface area contributed by atoms with E-state index in [1.54, 1.807) is 0 Å². The van der Waals surface area contributed by atoms with E-state index in [-0.39, 0.29) is 12.6 Å². The smallest absolute Gasteiger partial charge is 0.119 e. The summed E-state index contributed by atoms with van der Waals surface area (Å²) in [6, 6.07) is 15.3. The molecule has 4 N–H and O–H groups in total. The Morgan fingerprint density at radius 2 is 1.70 bits per heavy atom. The molecule has 4 nitrogen and oxygen atoms in total. The summed E-state index contributed by atoms with van der Waals surface area (Å²) >= 11 is 0. The highest BCUT2D eigenvalue weighted by atomic mass is 16.5. The molecule has 0 amide bonds. The maximum Gasteiger partial charge on any atom is 0.119 e. The van der Waals surface area contributed by atoms with E-state index in [0.717, 1.165) is 18.0 Å². The van der Waals surface area contributed by atoms with E-state index in [2.05, 4.69) is 31.3 Å². The molecule has 0 heterocycles. The normalized spacial score (nSPS) is 13.4. The molecule has 0 radical (unpaired) electrons. The number of rotatable bonds is 8. The van der Waals surface area contributed by atoms with Crippen molar-refractivity contribution in [3.8, 4) is 5.75 Å². The molecule has 2 unspecified atom stereocenters. The van der Waals surface area contributed by atoms with E-state index in [1.165, 1.54) is 11.1 Å². The van der Waals surface area contributed by atoms with E-state index in [4.69, 9.17) is 10.5 Å². The predicted octanol–water partition coefficient (Wildman–Crippen LogP) is 2.87. The number of aliphatic hydroxyl groups excluding tert-OH is 1. The van der Waals surface area contributed by atoms with Gasteiger partial charge in [0.1, 0.15) is 18.5 Å². The predicted molar refractivity (Wildman–Crippen MR) is 94.9 cm³/mol. The van der Waals surface area contributed by atoms with Gasteiger partial charge in [-0.2, -0.15) is 0 Å². The van der Waals surface area contributed by atoms with Crippen LogP contribution >= 0.6 is 0 Å². The molecule has 0 saturated carbocycles. The number of benzene rings is 2. The van der Waals surface area contributed by atoms with Gasteiger partial charge in [0.2, 0.25) is 0 Å². The topological polar surface area (TPSA) is 67.5 Å². The van der Waals surface area contributed by atoms with Gasteiger partial charge in [-0.05, 0) is 43.5 Å². The number of aliphatic hydroxyl groups is 1. The molecule has 2 aromatic rings. The maximum atomic E-state index is 10.1. The average molecular weight is 314 g/mol. The number of aryl methyl sites for hydroxylation is 2. The summed E-state index contributed by atoms with van der Waals surface area (Å²) in [5.74, 6) is 0.743. The molecule has 2 aromatic carbocycles. The Balaban J connectivity index is 1.74. The second kappa shape index (κ2) is 8.56. The van der Waals surface area contributed by atoms with Gasteiger partial charge < -0.3 is 20.9 Å². The van der Waals surface area contributed by atoms with Gasteiger partial charge in [-0.3, -0.25) is 0 Å². The van der Waals surface area contributed by atoms with Gasteiger partial charge in [0, 0.05) is 18.3 Å². The third-order valence-electron chi connectivity index (χ3n) is 3.92. The highest BCUT2D eigenvalue weighted by molar-refractivity contribution is 5.56. The zero-order chi connectivity index (χ0) is 16.7. The van der Waals surface area contributed by atoms with Crippen molar-refractivity contribution in [2.45, 2.75) is 32.4 Å². The van der Waals surface area contributed by atoms with E-state index in [0.29, 0.717) is 6.42 Å². The molecule has 2 atom stereocenters. The van der Waals surface area contributed by atoms with Crippen molar-refractivity contribution in [1.82, 2.24) is 0 Å². The number of hydrogen-bond donors (Lipinski definition) is 3. The van der Waals surface area contributed by atoms with E-state index in [1.807, 2.05) is 36.4 Å². The summed E-state index contributed by atoms with van der Waals surface area (Å²) in [7, 11) is 0. The molecule has 0 aromatic heterocycles. The lowest BCUT2D eigenvalue weighted by Gasteiger charge is -2.20. The summed E-state index contributed by atoms with van der Waals surface area (Å²) in [6.07, 6.45) is -0.0115. The highest BCUT2D eigenvalue weighted by Crippen LogP contribution is 2.19. The summed E-state index contributed by atoms with van der Waals surface area (Å²) in [4.78, 5) is 0. The van der Waals surface area contributed by atoms with Gasteiger partial charge in [-0.25, -0.2) is 0 Å². The highest BCUT2D eigenvalue weighted by Gasteiger charge is 2.15. The lowest BCUT2D eigenvalue weighted by molar-refractivity contribution is 0.0836. The lowest BCUT2D eigenvalue weighted by Crippen LogP contribution is -2.40. The third-order valence-corrected chi connectivity index (χ3v) is 3.92. The number of ether oxygens (including phenoxy) is 1. The molecule has 0 fully saturated rings. The minimum absolute atomic E-state index is 0.203. The van der Waals surface area contributed by atoms with Crippen LogP contribution < -0.4 is 15.8 Å². The molecular formula is C19H26N2O2. The number of hydrogen-bond acceptors (Lipinski definition) is 4. The summed E-state index contributed by atoms with van der Waals surface area (Å²) in [6.45, 7) is 5.08. The molecule has 124 valence electrons. The first kappa shape index (κ1) is 17.3. The van der Waals surface area contributed by atoms with Crippen LogP contribution in [0.25, 0.3) is 0 Å². The number of nitrogens with one attached hydrogen (secondary N) is 1. The standard InChI is InChI=1S/C19H26N2O2/c1-14-7-6-8-15(2)19(14)21-12-11-17(20)18(22)13-23-16-9-4-3-5-10-16/h3-10,17-18,21-22H,11-13,20H2,1-2H3. The van der Waals surface area contributed by atoms with Crippen LogP contribution in [-0.4, -0.2) is 30.4 Å². The van der Waals surface area contributed by atoms with E-state index < -0.39 is 6.10 Å². The Labute approximate surface area is 138 Å². The number of anilines is 1. The van der Waals surface area contributed by atoms with Crippen LogP contribution in [0.1, 0.15) is 17.5 Å². The molecular weight excluding hydrogens is 288 g/mol. The van der Waals surface area contributed by atoms with Crippen LogP contribution in [-0.2, 0) is 0 Å². The quantitative estimate of drug-likeness (QED) is 0.701. The first-order valence-electron chi connectivity index (χ1n) is 7.99. The lowest BCUT2D eigenvalue weighted by atomic mass is 10.1. The van der Waals surface area contributed by atoms with Crippen molar-refractivity contribution < 1.29 is 9.84 Å². The van der Waals surface area contributed by atoms with Gasteiger partial charge in [-0.1, -0.05) is 36.4 Å². The molecule has 0 aliphatic carbocycles. The van der Waals surface area contributed by atoms with Gasteiger partial charge in [0.15, 0.2) is 0 Å². The minimum atomic E-state index is -0.685. The monoisotopic (exact) mass is 314 g/mol. The second-order valence-electron chi connectivity index (χ2n) is 5.84. The van der Waals surface area contributed by atoms with Crippen LogP contribution in [0.2, 0.25) is 0 Å². The van der Waals surface area contributed by atoms with Gasteiger partial charge in [0.25, 0.3) is 0 Å². The van der Waals surface area contributed by atoms with Crippen LogP contribution in [0, 0.1) is 13.8 Å². The van der Waals surface area contributed by atoms with Crippen LogP contribution in [0.4, 0.5) is 5.69 Å². The van der Waals surface area contributed by atoms with Crippen molar-refractivity contribution in [1.29, 1.82) is 0 Å². The van der Waals surface area contributed by atoms with Crippen molar-refractivity contribution in [2.24, 2.45) is 5.73 Å². The van der Waals surface area contributed by atoms with Crippen LogP contribution in [0.15, 0.2) is 48.5 Å². The second-order valence-corrected chi connectivity index (χ2v) is 5.84. The molecule has 0 aliphatic rings. The van der Waals surface area contributed by atoms with Crippen molar-refractivity contribution in [2.75, 3.05) is 18.5 Å². The number of para-hydroxylation sites is 2. The first-order chi connectivity index (χ1) is 11.1. The summed E-state index contributed by atoms with van der Waals surface area (Å²) in [5.41, 5.74) is 9.63. The zero-order valence-corrected chi connectivity index (χ0v) is 13.8. The SMILES string of the molecule is Cc1cccc(C)c1NCCC(N)C(O)COc1ccccc1. The average Bonchev–Trinajstić information content (AvgIpc) is 2.56. The largest absolute Gasteiger partial charge is 0.491 e. The number of nitrogens with two attached hydrogens (primary N) is 1. The molecule has 0 spiro atoms. The minimum Gasteiger partial charge on any atom is -0.491 e. The fourth-order valence-electron chi connectivity index (χ4n) is 2.47. The molecule has 23 heavy (non-hydrogen) atoms. The van der Waals surface area contributed by atoms with Crippen molar-refractivity contribution in [3.63, 3.8) is 0 Å². The Bertz CT molecular complexity index is 581. The third kappa shape index (κ3) is 5.27. The fourth-order valence-corrected chi connectivity index (χ4v) is 2.47. The van der Waals surface area contributed by atoms with Gasteiger partial charge >= 0.3 is 0 Å². The molecule has 0 saturated heterocycles.